The van der Waals surface area contributed by atoms with Gasteiger partial charge >= 0.3 is 0 Å². The maximum Gasteiger partial charge on any atom is 0.0330 e. The van der Waals surface area contributed by atoms with Crippen LogP contribution in [0.2, 0.25) is 0 Å². The summed E-state index contributed by atoms with van der Waals surface area (Å²) < 4.78 is 1.39. The summed E-state index contributed by atoms with van der Waals surface area (Å²) in [6.45, 7) is 1.18. The highest BCUT2D eigenvalue weighted by atomic mass is 127. The van der Waals surface area contributed by atoms with Gasteiger partial charge in [0.05, 0.1) is 0 Å². The minimum absolute atomic E-state index is 0. The van der Waals surface area contributed by atoms with Crippen LogP contribution in [0.15, 0.2) is 24.3 Å². The standard InChI is InChI=1S/C11H14IN.ClH/c12-10-6-2-1-5-9(10)11-7-3-4-8-13-11;/h1-2,5-6,11,13H,3-4,7-8H2;1H/t11-;/m1./s1. The van der Waals surface area contributed by atoms with Gasteiger partial charge in [-0.25, -0.2) is 0 Å². The van der Waals surface area contributed by atoms with E-state index in [2.05, 4.69) is 52.2 Å². The Hall–Kier alpha value is 0.200. The summed E-state index contributed by atoms with van der Waals surface area (Å²) in [5.41, 5.74) is 1.47. The summed E-state index contributed by atoms with van der Waals surface area (Å²) >= 11 is 2.42. The molecule has 0 radical (unpaired) electrons. The molecule has 14 heavy (non-hydrogen) atoms. The zero-order valence-corrected chi connectivity index (χ0v) is 11.0. The van der Waals surface area contributed by atoms with Crippen molar-refractivity contribution in [1.29, 1.82) is 0 Å². The molecule has 0 unspecified atom stereocenters. The highest BCUT2D eigenvalue weighted by Gasteiger charge is 2.15. The highest BCUT2D eigenvalue weighted by molar-refractivity contribution is 14.1. The first-order valence-corrected chi connectivity index (χ1v) is 5.93. The monoisotopic (exact) mass is 323 g/mol. The molecule has 1 atom stereocenters. The van der Waals surface area contributed by atoms with Crippen molar-refractivity contribution in [2.24, 2.45) is 0 Å². The Morgan fingerprint density at radius 2 is 2.00 bits per heavy atom. The molecule has 0 spiro atoms. The molecular formula is C11H15ClIN. The van der Waals surface area contributed by atoms with Crippen LogP contribution in [0.3, 0.4) is 0 Å². The molecule has 1 fully saturated rings. The fraction of sp³-hybridized carbons (Fsp3) is 0.455. The molecular weight excluding hydrogens is 308 g/mol. The van der Waals surface area contributed by atoms with Gasteiger partial charge in [0.15, 0.2) is 0 Å². The molecule has 1 aromatic rings. The van der Waals surface area contributed by atoms with Crippen LogP contribution < -0.4 is 5.32 Å². The van der Waals surface area contributed by atoms with Crippen molar-refractivity contribution in [3.8, 4) is 0 Å². The zero-order valence-electron chi connectivity index (χ0n) is 8.00. The zero-order chi connectivity index (χ0) is 9.10. The van der Waals surface area contributed by atoms with Crippen LogP contribution in [0, 0.1) is 3.57 Å². The fourth-order valence-corrected chi connectivity index (χ4v) is 2.64. The topological polar surface area (TPSA) is 12.0 Å². The predicted octanol–water partition coefficient (Wildman–Crippen LogP) is 3.53. The Bertz CT molecular complexity index is 284. The predicted molar refractivity (Wildman–Crippen MR) is 71.0 cm³/mol. The number of hydrogen-bond donors (Lipinski definition) is 1. The van der Waals surface area contributed by atoms with E-state index in [1.807, 2.05) is 0 Å². The van der Waals surface area contributed by atoms with E-state index in [0.717, 1.165) is 0 Å². The molecule has 1 heterocycles. The van der Waals surface area contributed by atoms with Crippen LogP contribution in [0.25, 0.3) is 0 Å². The maximum atomic E-state index is 3.57. The van der Waals surface area contributed by atoms with E-state index < -0.39 is 0 Å². The Morgan fingerprint density at radius 1 is 1.21 bits per heavy atom. The van der Waals surface area contributed by atoms with Crippen molar-refractivity contribution < 1.29 is 0 Å². The minimum Gasteiger partial charge on any atom is -0.310 e. The molecule has 0 aliphatic carbocycles. The fourth-order valence-electron chi connectivity index (χ4n) is 1.87. The summed E-state index contributed by atoms with van der Waals surface area (Å²) in [4.78, 5) is 0. The Kier molecular flexibility index (Phi) is 5.20. The lowest BCUT2D eigenvalue weighted by Gasteiger charge is -2.24. The molecule has 0 bridgehead atoms. The summed E-state index contributed by atoms with van der Waals surface area (Å²) in [5, 5.41) is 3.57. The van der Waals surface area contributed by atoms with Crippen LogP contribution in [0.5, 0.6) is 0 Å². The van der Waals surface area contributed by atoms with Gasteiger partial charge in [0.25, 0.3) is 0 Å². The van der Waals surface area contributed by atoms with Crippen molar-refractivity contribution >= 4 is 35.0 Å². The third kappa shape index (κ3) is 2.84. The summed E-state index contributed by atoms with van der Waals surface area (Å²) in [7, 11) is 0. The lowest BCUT2D eigenvalue weighted by Crippen LogP contribution is -2.27. The average molecular weight is 324 g/mol. The second-order valence-corrected chi connectivity index (χ2v) is 4.69. The number of nitrogens with one attached hydrogen (secondary N) is 1. The molecule has 1 nitrogen and oxygen atoms in total. The summed E-state index contributed by atoms with van der Waals surface area (Å²) in [6.07, 6.45) is 3.99. The molecule has 78 valence electrons. The number of halogens is 2. The molecule has 1 aliphatic heterocycles. The third-order valence-electron chi connectivity index (χ3n) is 2.59. The van der Waals surface area contributed by atoms with Gasteiger partial charge in [-0.05, 0) is 53.6 Å². The Labute approximate surface area is 105 Å². The summed E-state index contributed by atoms with van der Waals surface area (Å²) in [5.74, 6) is 0. The first kappa shape index (κ1) is 12.3. The highest BCUT2D eigenvalue weighted by Crippen LogP contribution is 2.26. The number of piperidine rings is 1. The number of benzene rings is 1. The first-order valence-electron chi connectivity index (χ1n) is 4.86. The molecule has 1 aliphatic rings. The molecule has 0 saturated carbocycles. The quantitative estimate of drug-likeness (QED) is 0.780. The SMILES string of the molecule is Cl.Ic1ccccc1[C@H]1CCCCN1. The third-order valence-corrected chi connectivity index (χ3v) is 3.57. The number of rotatable bonds is 1. The van der Waals surface area contributed by atoms with E-state index in [-0.39, 0.29) is 12.4 Å². The van der Waals surface area contributed by atoms with Crippen LogP contribution >= 0.6 is 35.0 Å². The molecule has 0 amide bonds. The number of hydrogen-bond acceptors (Lipinski definition) is 1. The van der Waals surface area contributed by atoms with Gasteiger partial charge in [0.2, 0.25) is 0 Å². The van der Waals surface area contributed by atoms with Gasteiger partial charge in [0, 0.05) is 9.61 Å². The molecule has 2 rings (SSSR count). The van der Waals surface area contributed by atoms with E-state index in [1.54, 1.807) is 0 Å². The second-order valence-electron chi connectivity index (χ2n) is 3.52. The average Bonchev–Trinajstić information content (AvgIpc) is 2.20. The van der Waals surface area contributed by atoms with Gasteiger partial charge in [-0.1, -0.05) is 24.6 Å². The van der Waals surface area contributed by atoms with Gasteiger partial charge in [0.1, 0.15) is 0 Å². The van der Waals surface area contributed by atoms with Gasteiger partial charge in [-0.2, -0.15) is 0 Å². The van der Waals surface area contributed by atoms with E-state index >= 15 is 0 Å². The van der Waals surface area contributed by atoms with Crippen LogP contribution in [-0.4, -0.2) is 6.54 Å². The van der Waals surface area contributed by atoms with Crippen LogP contribution in [0.4, 0.5) is 0 Å². The van der Waals surface area contributed by atoms with E-state index in [1.165, 1.54) is 34.9 Å². The summed E-state index contributed by atoms with van der Waals surface area (Å²) in [6, 6.07) is 9.26. The smallest absolute Gasteiger partial charge is 0.0330 e. The lowest BCUT2D eigenvalue weighted by atomic mass is 9.98. The largest absolute Gasteiger partial charge is 0.310 e. The van der Waals surface area contributed by atoms with E-state index in [4.69, 9.17) is 0 Å². The molecule has 1 aromatic carbocycles. The molecule has 1 N–H and O–H groups in total. The van der Waals surface area contributed by atoms with E-state index in [0.29, 0.717) is 6.04 Å². The minimum atomic E-state index is 0. The normalized spacial score (nSPS) is 21.4. The van der Waals surface area contributed by atoms with Crippen molar-refractivity contribution in [3.05, 3.63) is 33.4 Å². The van der Waals surface area contributed by atoms with Crippen LogP contribution in [-0.2, 0) is 0 Å². The van der Waals surface area contributed by atoms with Crippen molar-refractivity contribution in [2.45, 2.75) is 25.3 Å². The van der Waals surface area contributed by atoms with E-state index in [9.17, 15) is 0 Å². The van der Waals surface area contributed by atoms with Crippen molar-refractivity contribution in [1.82, 2.24) is 5.32 Å². The Morgan fingerprint density at radius 3 is 2.64 bits per heavy atom. The second kappa shape index (κ2) is 5.93. The maximum absolute atomic E-state index is 3.57. The Balaban J connectivity index is 0.000000980. The molecule has 0 aromatic heterocycles. The molecule has 1 saturated heterocycles. The van der Waals surface area contributed by atoms with Crippen molar-refractivity contribution in [2.75, 3.05) is 6.54 Å². The first-order chi connectivity index (χ1) is 6.38. The van der Waals surface area contributed by atoms with Crippen molar-refractivity contribution in [3.63, 3.8) is 0 Å². The molecule has 3 heteroatoms. The van der Waals surface area contributed by atoms with Gasteiger partial charge < -0.3 is 5.32 Å². The van der Waals surface area contributed by atoms with Gasteiger partial charge in [-0.15, -0.1) is 12.4 Å². The lowest BCUT2D eigenvalue weighted by molar-refractivity contribution is 0.411. The van der Waals surface area contributed by atoms with Gasteiger partial charge in [-0.3, -0.25) is 0 Å². The van der Waals surface area contributed by atoms with Crippen LogP contribution in [0.1, 0.15) is 30.9 Å².